The van der Waals surface area contributed by atoms with Crippen molar-refractivity contribution in [2.24, 2.45) is 0 Å². The molecule has 1 aliphatic heterocycles. The lowest BCUT2D eigenvalue weighted by atomic mass is 10.1. The molecule has 0 fully saturated rings. The van der Waals surface area contributed by atoms with Crippen molar-refractivity contribution in [2.45, 2.75) is 12.8 Å². The minimum Gasteiger partial charge on any atom is -0.361 e. The van der Waals surface area contributed by atoms with Gasteiger partial charge in [0.15, 0.2) is 0 Å². The number of hydrogen-bond acceptors (Lipinski definition) is 3. The normalized spacial score (nSPS) is 13.7. The Morgan fingerprint density at radius 1 is 1.21 bits per heavy atom. The first-order valence-corrected chi connectivity index (χ1v) is 10.7. The molecule has 8 heteroatoms. The summed E-state index contributed by atoms with van der Waals surface area (Å²) in [5.74, 6) is -0.844. The van der Waals surface area contributed by atoms with Gasteiger partial charge in [-0.15, -0.1) is 0 Å². The van der Waals surface area contributed by atoms with Crippen LogP contribution < -0.4 is 9.62 Å². The van der Waals surface area contributed by atoms with Gasteiger partial charge in [-0.25, -0.2) is 12.8 Å². The van der Waals surface area contributed by atoms with Gasteiger partial charge < -0.3 is 10.3 Å². The van der Waals surface area contributed by atoms with Crippen molar-refractivity contribution >= 4 is 32.5 Å². The van der Waals surface area contributed by atoms with Crippen LogP contribution in [0.25, 0.3) is 10.9 Å². The number of carbonyl (C=O) groups excluding carboxylic acids is 1. The smallest absolute Gasteiger partial charge is 0.236 e. The summed E-state index contributed by atoms with van der Waals surface area (Å²) in [5, 5.41) is 3.30. The fourth-order valence-electron chi connectivity index (χ4n) is 3.56. The second-order valence-corrected chi connectivity index (χ2v) is 8.81. The third-order valence-corrected chi connectivity index (χ3v) is 6.71. The van der Waals surface area contributed by atoms with Crippen molar-refractivity contribution in [2.75, 3.05) is 23.1 Å². The Balaban J connectivity index is 1.36. The number of rotatable bonds is 6. The Morgan fingerprint density at radius 2 is 2.04 bits per heavy atom. The second-order valence-electron chi connectivity index (χ2n) is 6.80. The van der Waals surface area contributed by atoms with Gasteiger partial charge in [-0.3, -0.25) is 9.10 Å². The summed E-state index contributed by atoms with van der Waals surface area (Å²) < 4.78 is 40.1. The van der Waals surface area contributed by atoms with E-state index in [1.54, 1.807) is 18.3 Å². The molecule has 0 bridgehead atoms. The zero-order chi connectivity index (χ0) is 19.7. The molecule has 146 valence electrons. The Labute approximate surface area is 162 Å². The summed E-state index contributed by atoms with van der Waals surface area (Å²) in [6.45, 7) is 0.451. The third kappa shape index (κ3) is 3.60. The zero-order valence-electron chi connectivity index (χ0n) is 15.1. The van der Waals surface area contributed by atoms with Crippen LogP contribution in [-0.2, 0) is 27.7 Å². The van der Waals surface area contributed by atoms with E-state index < -0.39 is 10.0 Å². The fourth-order valence-corrected chi connectivity index (χ4v) is 4.99. The first-order valence-electron chi connectivity index (χ1n) is 9.04. The number of amides is 1. The Bertz CT molecular complexity index is 1140. The summed E-state index contributed by atoms with van der Waals surface area (Å²) in [6.07, 6.45) is 2.41. The van der Waals surface area contributed by atoms with Crippen LogP contribution >= 0.6 is 0 Å². The van der Waals surface area contributed by atoms with Crippen LogP contribution in [0.1, 0.15) is 11.1 Å². The van der Waals surface area contributed by atoms with Gasteiger partial charge >= 0.3 is 0 Å². The van der Waals surface area contributed by atoms with Crippen molar-refractivity contribution in [1.82, 2.24) is 10.3 Å². The van der Waals surface area contributed by atoms with Crippen molar-refractivity contribution < 1.29 is 17.6 Å². The van der Waals surface area contributed by atoms with Crippen molar-refractivity contribution in [3.8, 4) is 0 Å². The molecule has 2 aromatic carbocycles. The number of sulfonamides is 1. The standard InChI is InChI=1S/C20H20FN3O3S/c21-16-5-6-18-17(12-16)15(13-23-18)11-20(25)22-8-10-28(26,27)24-9-7-14-3-1-2-4-19(14)24/h1-6,12-13,23H,7-11H2,(H,22,25). The van der Waals surface area contributed by atoms with E-state index in [4.69, 9.17) is 0 Å². The van der Waals surface area contributed by atoms with Gasteiger partial charge in [0.25, 0.3) is 0 Å². The van der Waals surface area contributed by atoms with Gasteiger partial charge in [0.05, 0.1) is 17.9 Å². The highest BCUT2D eigenvalue weighted by atomic mass is 32.2. The first kappa shape index (κ1) is 18.5. The minimum atomic E-state index is -3.51. The van der Waals surface area contributed by atoms with Gasteiger partial charge in [-0.05, 0) is 41.8 Å². The molecule has 1 amide bonds. The molecule has 0 radical (unpaired) electrons. The number of halogens is 1. The van der Waals surface area contributed by atoms with E-state index in [0.717, 1.165) is 16.8 Å². The van der Waals surface area contributed by atoms with Crippen LogP contribution in [0, 0.1) is 5.82 Å². The predicted octanol–water partition coefficient (Wildman–Crippen LogP) is 2.36. The van der Waals surface area contributed by atoms with E-state index in [1.165, 1.54) is 16.4 Å². The number of nitrogens with zero attached hydrogens (tertiary/aromatic N) is 1. The monoisotopic (exact) mass is 401 g/mol. The summed E-state index contributed by atoms with van der Waals surface area (Å²) in [7, 11) is -3.51. The van der Waals surface area contributed by atoms with E-state index in [9.17, 15) is 17.6 Å². The van der Waals surface area contributed by atoms with Crippen LogP contribution in [0.15, 0.2) is 48.7 Å². The number of nitrogens with one attached hydrogen (secondary N) is 2. The molecule has 0 spiro atoms. The average Bonchev–Trinajstić information content (AvgIpc) is 3.26. The van der Waals surface area contributed by atoms with Crippen LogP contribution in [-0.4, -0.2) is 38.2 Å². The van der Waals surface area contributed by atoms with Gasteiger partial charge in [0, 0.05) is 30.2 Å². The van der Waals surface area contributed by atoms with E-state index >= 15 is 0 Å². The SMILES string of the molecule is O=C(Cc1c[nH]c2ccc(F)cc12)NCCS(=O)(=O)N1CCc2ccccc21. The van der Waals surface area contributed by atoms with Gasteiger partial charge in [0.1, 0.15) is 5.82 Å². The van der Waals surface area contributed by atoms with Gasteiger partial charge in [-0.1, -0.05) is 18.2 Å². The van der Waals surface area contributed by atoms with Crippen LogP contribution in [0.2, 0.25) is 0 Å². The Hall–Kier alpha value is -2.87. The molecule has 0 aliphatic carbocycles. The highest BCUT2D eigenvalue weighted by molar-refractivity contribution is 7.92. The number of anilines is 1. The predicted molar refractivity (Wildman–Crippen MR) is 106 cm³/mol. The summed E-state index contributed by atoms with van der Waals surface area (Å²) in [6, 6.07) is 11.8. The molecule has 2 N–H and O–H groups in total. The molecule has 6 nitrogen and oxygen atoms in total. The molecule has 4 rings (SSSR count). The maximum Gasteiger partial charge on any atom is 0.236 e. The molecular formula is C20H20FN3O3S. The zero-order valence-corrected chi connectivity index (χ0v) is 15.9. The van der Waals surface area contributed by atoms with Crippen molar-refractivity contribution in [1.29, 1.82) is 0 Å². The molecule has 0 saturated heterocycles. The lowest BCUT2D eigenvalue weighted by Crippen LogP contribution is -2.37. The Morgan fingerprint density at radius 3 is 2.89 bits per heavy atom. The molecule has 1 aliphatic rings. The van der Waals surface area contributed by atoms with Crippen LogP contribution in [0.5, 0.6) is 0 Å². The molecule has 28 heavy (non-hydrogen) atoms. The second kappa shape index (κ2) is 7.27. The molecule has 1 aromatic heterocycles. The highest BCUT2D eigenvalue weighted by Crippen LogP contribution is 2.29. The lowest BCUT2D eigenvalue weighted by molar-refractivity contribution is -0.120. The third-order valence-electron chi connectivity index (χ3n) is 4.94. The summed E-state index contributed by atoms with van der Waals surface area (Å²) >= 11 is 0. The molecule has 0 saturated carbocycles. The van der Waals surface area contributed by atoms with Crippen LogP contribution in [0.4, 0.5) is 10.1 Å². The molecular weight excluding hydrogens is 381 g/mol. The fraction of sp³-hybridized carbons (Fsp3) is 0.250. The molecule has 0 atom stereocenters. The first-order chi connectivity index (χ1) is 13.4. The topological polar surface area (TPSA) is 82.3 Å². The number of para-hydroxylation sites is 1. The van der Waals surface area contributed by atoms with Gasteiger partial charge in [0.2, 0.25) is 15.9 Å². The maximum absolute atomic E-state index is 13.4. The van der Waals surface area contributed by atoms with E-state index in [2.05, 4.69) is 10.3 Å². The van der Waals surface area contributed by atoms with E-state index in [0.29, 0.717) is 23.9 Å². The van der Waals surface area contributed by atoms with E-state index in [-0.39, 0.29) is 30.4 Å². The average molecular weight is 401 g/mol. The number of aromatic nitrogens is 1. The summed E-state index contributed by atoms with van der Waals surface area (Å²) in [5.41, 5.74) is 3.15. The van der Waals surface area contributed by atoms with Crippen LogP contribution in [0.3, 0.4) is 0 Å². The highest BCUT2D eigenvalue weighted by Gasteiger charge is 2.28. The number of aromatic amines is 1. The number of H-pyrrole nitrogens is 1. The minimum absolute atomic E-state index is 0.0244. The number of carbonyl (C=O) groups is 1. The Kier molecular flexibility index (Phi) is 4.80. The maximum atomic E-state index is 13.4. The largest absolute Gasteiger partial charge is 0.361 e. The number of hydrogen-bond donors (Lipinski definition) is 2. The number of fused-ring (bicyclic) bond motifs is 2. The lowest BCUT2D eigenvalue weighted by Gasteiger charge is -2.19. The summed E-state index contributed by atoms with van der Waals surface area (Å²) in [4.78, 5) is 15.2. The molecule has 2 heterocycles. The van der Waals surface area contributed by atoms with E-state index in [1.807, 2.05) is 18.2 Å². The quantitative estimate of drug-likeness (QED) is 0.665. The van der Waals surface area contributed by atoms with Crippen molar-refractivity contribution in [3.63, 3.8) is 0 Å². The molecule has 3 aromatic rings. The van der Waals surface area contributed by atoms with Crippen molar-refractivity contribution in [3.05, 3.63) is 65.6 Å². The van der Waals surface area contributed by atoms with Gasteiger partial charge in [-0.2, -0.15) is 0 Å². The molecule has 0 unspecified atom stereocenters. The number of benzene rings is 2.